The lowest BCUT2D eigenvalue weighted by Gasteiger charge is -2.07. The first-order chi connectivity index (χ1) is 14.3. The maximum atomic E-state index is 2.38. The van der Waals surface area contributed by atoms with Gasteiger partial charge in [0.15, 0.2) is 0 Å². The van der Waals surface area contributed by atoms with E-state index in [2.05, 4.69) is 109 Å². The summed E-state index contributed by atoms with van der Waals surface area (Å²) in [4.78, 5) is 0. The number of rotatable bonds is 1. The molecule has 6 rings (SSSR count). The molecule has 0 atom stereocenters. The molecule has 2 heterocycles. The lowest BCUT2D eigenvalue weighted by molar-refractivity contribution is 1.09. The van der Waals surface area contributed by atoms with Crippen molar-refractivity contribution in [2.75, 3.05) is 0 Å². The van der Waals surface area contributed by atoms with Crippen molar-refractivity contribution in [2.45, 2.75) is 20.3 Å². The summed E-state index contributed by atoms with van der Waals surface area (Å²) in [6.07, 6.45) is 1.25. The Kier molecular flexibility index (Phi) is 4.57. The van der Waals surface area contributed by atoms with Gasteiger partial charge in [-0.1, -0.05) is 80.9 Å². The Morgan fingerprint density at radius 3 is 2.07 bits per heavy atom. The number of hydrogen-bond donors (Lipinski definition) is 0. The van der Waals surface area contributed by atoms with Crippen LogP contribution in [0.3, 0.4) is 0 Å². The van der Waals surface area contributed by atoms with Crippen LogP contribution in [0.1, 0.15) is 20.3 Å². The molecule has 0 aliphatic rings. The van der Waals surface area contributed by atoms with E-state index in [1.807, 2.05) is 11.3 Å². The van der Waals surface area contributed by atoms with E-state index in [9.17, 15) is 0 Å². The van der Waals surface area contributed by atoms with Gasteiger partial charge < -0.3 is 4.57 Å². The molecule has 4 aromatic carbocycles. The van der Waals surface area contributed by atoms with Crippen molar-refractivity contribution in [1.82, 2.24) is 4.57 Å². The predicted molar refractivity (Wildman–Crippen MR) is 130 cm³/mol. The quantitative estimate of drug-likeness (QED) is 0.264. The third-order valence-electron chi connectivity index (χ3n) is 5.19. The Morgan fingerprint density at radius 2 is 1.28 bits per heavy atom. The summed E-state index contributed by atoms with van der Waals surface area (Å²) in [7, 11) is 0. The first kappa shape index (κ1) is 18.0. The van der Waals surface area contributed by atoms with Crippen LogP contribution < -0.4 is 0 Å². The largest absolute Gasteiger partial charge is 0.309 e. The van der Waals surface area contributed by atoms with E-state index in [1.165, 1.54) is 54.1 Å². The maximum Gasteiger partial charge on any atom is 0.0555 e. The molecule has 2 aromatic heterocycles. The monoisotopic (exact) mass is 393 g/mol. The molecule has 6 aromatic rings. The Labute approximate surface area is 174 Å². The Balaban J connectivity index is 0.000000573. The van der Waals surface area contributed by atoms with Crippen LogP contribution in [-0.2, 0) is 0 Å². The van der Waals surface area contributed by atoms with Gasteiger partial charge in [-0.25, -0.2) is 0 Å². The number of para-hydroxylation sites is 2. The van der Waals surface area contributed by atoms with E-state index in [0.717, 1.165) is 0 Å². The Hall–Kier alpha value is -3.10. The maximum absolute atomic E-state index is 2.38. The van der Waals surface area contributed by atoms with Crippen molar-refractivity contribution in [3.8, 4) is 5.69 Å². The highest BCUT2D eigenvalue weighted by Gasteiger charge is 2.16. The smallest absolute Gasteiger partial charge is 0.0555 e. The van der Waals surface area contributed by atoms with E-state index >= 15 is 0 Å². The molecule has 0 fully saturated rings. The third kappa shape index (κ3) is 2.83. The number of benzene rings is 4. The van der Waals surface area contributed by atoms with Crippen LogP contribution in [0.5, 0.6) is 0 Å². The van der Waals surface area contributed by atoms with Crippen LogP contribution in [0, 0.1) is 0 Å². The molecule has 0 saturated carbocycles. The zero-order valence-corrected chi connectivity index (χ0v) is 17.5. The number of nitrogens with zero attached hydrogens (tertiary/aromatic N) is 1. The van der Waals surface area contributed by atoms with E-state index < -0.39 is 0 Å². The zero-order valence-electron chi connectivity index (χ0n) is 16.7. The van der Waals surface area contributed by atoms with Gasteiger partial charge in [-0.05, 0) is 30.3 Å². The Bertz CT molecular complexity index is 1440. The first-order valence-electron chi connectivity index (χ1n) is 10.2. The Morgan fingerprint density at radius 1 is 0.621 bits per heavy atom. The van der Waals surface area contributed by atoms with E-state index in [1.54, 1.807) is 0 Å². The molecule has 0 bridgehead atoms. The van der Waals surface area contributed by atoms with E-state index in [4.69, 9.17) is 0 Å². The molecule has 29 heavy (non-hydrogen) atoms. The van der Waals surface area contributed by atoms with Crippen molar-refractivity contribution in [1.29, 1.82) is 0 Å². The predicted octanol–water partition coefficient (Wildman–Crippen LogP) is 8.57. The second kappa shape index (κ2) is 7.38. The minimum Gasteiger partial charge on any atom is -0.309 e. The molecule has 0 unspecified atom stereocenters. The molecule has 0 amide bonds. The normalized spacial score (nSPS) is 11.2. The summed E-state index contributed by atoms with van der Waals surface area (Å²) in [5.74, 6) is 0. The van der Waals surface area contributed by atoms with Crippen LogP contribution in [0.15, 0.2) is 91.0 Å². The number of fused-ring (bicyclic) bond motifs is 7. The fourth-order valence-electron chi connectivity index (χ4n) is 4.09. The van der Waals surface area contributed by atoms with Gasteiger partial charge in [0.2, 0.25) is 0 Å². The standard InChI is InChI=1S/C24H15NS.C3H8/c1-2-8-16(9-3-1)25-20-12-6-4-11-19(20)23-21(25)15-14-18-17-10-5-7-13-22(17)26-24(18)23;1-3-2/h1-15H;3H2,1-2H3. The van der Waals surface area contributed by atoms with Gasteiger partial charge in [0.25, 0.3) is 0 Å². The van der Waals surface area contributed by atoms with Gasteiger partial charge >= 0.3 is 0 Å². The molecule has 2 heteroatoms. The molecule has 0 aliphatic heterocycles. The highest BCUT2D eigenvalue weighted by molar-refractivity contribution is 7.26. The highest BCUT2D eigenvalue weighted by atomic mass is 32.1. The van der Waals surface area contributed by atoms with Crippen molar-refractivity contribution < 1.29 is 0 Å². The summed E-state index contributed by atoms with van der Waals surface area (Å²) >= 11 is 1.90. The summed E-state index contributed by atoms with van der Waals surface area (Å²) in [5.41, 5.74) is 3.74. The van der Waals surface area contributed by atoms with Gasteiger partial charge in [-0.3, -0.25) is 0 Å². The zero-order chi connectivity index (χ0) is 19.8. The molecular weight excluding hydrogens is 370 g/mol. The SMILES string of the molecule is CCC.c1ccc(-n2c3ccccc3c3c4sc5ccccc5c4ccc32)cc1. The molecule has 142 valence electrons. The minimum absolute atomic E-state index is 1.21. The average molecular weight is 394 g/mol. The van der Waals surface area contributed by atoms with Gasteiger partial charge in [0.05, 0.1) is 11.0 Å². The van der Waals surface area contributed by atoms with Crippen LogP contribution in [0.25, 0.3) is 47.7 Å². The fourth-order valence-corrected chi connectivity index (χ4v) is 5.35. The van der Waals surface area contributed by atoms with Crippen molar-refractivity contribution in [3.63, 3.8) is 0 Å². The second-order valence-electron chi connectivity index (χ2n) is 7.33. The van der Waals surface area contributed by atoms with E-state index in [0.29, 0.717) is 0 Å². The van der Waals surface area contributed by atoms with Crippen LogP contribution in [0.4, 0.5) is 0 Å². The lowest BCUT2D eigenvalue weighted by Crippen LogP contribution is -1.92. The van der Waals surface area contributed by atoms with E-state index in [-0.39, 0.29) is 0 Å². The summed E-state index contributed by atoms with van der Waals surface area (Å²) in [6, 6.07) is 32.7. The average Bonchev–Trinajstić information content (AvgIpc) is 3.30. The van der Waals surface area contributed by atoms with Crippen molar-refractivity contribution in [2.24, 2.45) is 0 Å². The van der Waals surface area contributed by atoms with Gasteiger partial charge in [-0.15, -0.1) is 11.3 Å². The second-order valence-corrected chi connectivity index (χ2v) is 8.38. The molecular formula is C27H23NS. The fraction of sp³-hybridized carbons (Fsp3) is 0.111. The highest BCUT2D eigenvalue weighted by Crippen LogP contribution is 2.42. The molecule has 0 spiro atoms. The third-order valence-corrected chi connectivity index (χ3v) is 6.40. The number of thiophene rings is 1. The van der Waals surface area contributed by atoms with Crippen LogP contribution in [-0.4, -0.2) is 4.57 Å². The molecule has 0 N–H and O–H groups in total. The lowest BCUT2D eigenvalue weighted by atomic mass is 10.1. The summed E-state index contributed by atoms with van der Waals surface area (Å²) < 4.78 is 5.12. The number of hydrogen-bond acceptors (Lipinski definition) is 1. The van der Waals surface area contributed by atoms with Crippen LogP contribution >= 0.6 is 11.3 Å². The molecule has 0 aliphatic carbocycles. The van der Waals surface area contributed by atoms with Gasteiger partial charge in [0, 0.05) is 36.6 Å². The van der Waals surface area contributed by atoms with Crippen molar-refractivity contribution >= 4 is 53.3 Å². The van der Waals surface area contributed by atoms with Gasteiger partial charge in [0.1, 0.15) is 0 Å². The number of aromatic nitrogens is 1. The molecule has 0 radical (unpaired) electrons. The topological polar surface area (TPSA) is 4.93 Å². The molecule has 1 nitrogen and oxygen atoms in total. The first-order valence-corrected chi connectivity index (χ1v) is 11.0. The minimum atomic E-state index is 1.21. The summed E-state index contributed by atoms with van der Waals surface area (Å²) in [6.45, 7) is 4.25. The van der Waals surface area contributed by atoms with Gasteiger partial charge in [-0.2, -0.15) is 0 Å². The summed E-state index contributed by atoms with van der Waals surface area (Å²) in [5, 5.41) is 5.40. The van der Waals surface area contributed by atoms with Crippen LogP contribution in [0.2, 0.25) is 0 Å². The molecule has 0 saturated heterocycles. The van der Waals surface area contributed by atoms with Crippen molar-refractivity contribution in [3.05, 3.63) is 91.0 Å².